The molecule has 232 valence electrons. The van der Waals surface area contributed by atoms with Crippen LogP contribution in [0.5, 0.6) is 5.75 Å². The Balaban J connectivity index is 1.29. The minimum atomic E-state index is -3.96. The van der Waals surface area contributed by atoms with Gasteiger partial charge in [-0.2, -0.15) is 8.42 Å². The average Bonchev–Trinajstić information content (AvgIpc) is 3.02. The van der Waals surface area contributed by atoms with Crippen molar-refractivity contribution < 1.29 is 26.8 Å². The summed E-state index contributed by atoms with van der Waals surface area (Å²) in [5.41, 5.74) is 5.35. The molecule has 2 heterocycles. The standard InChI is InChI=1S/C33H43N3O6S/c1-23-8-13-28(14-9-23)43(37,38)41-22-27(42-33-7-5-6-18-39-33)21-40-32-20-25(11-16-31(32)34-2)29-15-10-24-19-26(36(3)4)12-17-30(24)35-29/h8-16,19-20,27,29-30,33-35H,5-7,17-18,21-22H2,1-4H3/t27?,29-,30-,33?/m0/s1. The second-order valence-electron chi connectivity index (χ2n) is 11.4. The van der Waals surface area contributed by atoms with Gasteiger partial charge in [-0.1, -0.05) is 42.0 Å². The molecule has 0 amide bonds. The summed E-state index contributed by atoms with van der Waals surface area (Å²) in [6.07, 6.45) is 11.4. The predicted octanol–water partition coefficient (Wildman–Crippen LogP) is 5.08. The van der Waals surface area contributed by atoms with E-state index < -0.39 is 22.5 Å². The molecule has 10 heteroatoms. The van der Waals surface area contributed by atoms with Gasteiger partial charge in [-0.05, 0) is 74.1 Å². The lowest BCUT2D eigenvalue weighted by molar-refractivity contribution is -0.198. The van der Waals surface area contributed by atoms with Crippen LogP contribution in [0.4, 0.5) is 5.69 Å². The van der Waals surface area contributed by atoms with Gasteiger partial charge in [0.25, 0.3) is 10.1 Å². The van der Waals surface area contributed by atoms with Crippen molar-refractivity contribution >= 4 is 15.8 Å². The van der Waals surface area contributed by atoms with Crippen LogP contribution in [0, 0.1) is 6.92 Å². The normalized spacial score (nSPS) is 22.7. The van der Waals surface area contributed by atoms with Crippen molar-refractivity contribution in [2.45, 2.75) is 62.0 Å². The van der Waals surface area contributed by atoms with Crippen LogP contribution in [0.3, 0.4) is 0 Å². The van der Waals surface area contributed by atoms with Crippen LogP contribution in [0.15, 0.2) is 82.9 Å². The first-order valence-corrected chi connectivity index (χ1v) is 16.3. The first-order chi connectivity index (χ1) is 20.7. The van der Waals surface area contributed by atoms with E-state index in [1.165, 1.54) is 11.3 Å². The predicted molar refractivity (Wildman–Crippen MR) is 168 cm³/mol. The Hall–Kier alpha value is -3.15. The molecule has 43 heavy (non-hydrogen) atoms. The fourth-order valence-electron chi connectivity index (χ4n) is 5.37. The van der Waals surface area contributed by atoms with Crippen LogP contribution < -0.4 is 15.4 Å². The highest BCUT2D eigenvalue weighted by Gasteiger charge is 2.27. The van der Waals surface area contributed by atoms with Gasteiger partial charge in [-0.25, -0.2) is 0 Å². The zero-order chi connectivity index (χ0) is 30.4. The van der Waals surface area contributed by atoms with E-state index in [0.29, 0.717) is 12.4 Å². The zero-order valence-electron chi connectivity index (χ0n) is 25.4. The van der Waals surface area contributed by atoms with E-state index in [0.717, 1.165) is 42.5 Å². The molecule has 2 aliphatic heterocycles. The molecule has 0 aromatic heterocycles. The lowest BCUT2D eigenvalue weighted by Gasteiger charge is -2.32. The molecular weight excluding hydrogens is 566 g/mol. The van der Waals surface area contributed by atoms with Gasteiger partial charge in [0.2, 0.25) is 0 Å². The maximum Gasteiger partial charge on any atom is 0.297 e. The number of nitrogens with zero attached hydrogens (tertiary/aromatic N) is 1. The topological polar surface area (TPSA) is 98.4 Å². The maximum absolute atomic E-state index is 12.9. The second-order valence-corrected chi connectivity index (χ2v) is 13.0. The summed E-state index contributed by atoms with van der Waals surface area (Å²) in [6.45, 7) is 2.40. The van der Waals surface area contributed by atoms with Gasteiger partial charge in [0.15, 0.2) is 6.29 Å². The highest BCUT2D eigenvalue weighted by atomic mass is 32.2. The molecule has 1 saturated heterocycles. The number of fused-ring (bicyclic) bond motifs is 1. The van der Waals surface area contributed by atoms with E-state index in [4.69, 9.17) is 18.4 Å². The first kappa shape index (κ1) is 31.3. The molecule has 1 fully saturated rings. The van der Waals surface area contributed by atoms with Crippen LogP contribution in [-0.2, 0) is 23.8 Å². The van der Waals surface area contributed by atoms with Crippen molar-refractivity contribution in [3.05, 3.63) is 89.2 Å². The number of benzene rings is 2. The highest BCUT2D eigenvalue weighted by molar-refractivity contribution is 7.86. The minimum Gasteiger partial charge on any atom is -0.489 e. The summed E-state index contributed by atoms with van der Waals surface area (Å²) in [4.78, 5) is 2.23. The molecular formula is C33H43N3O6S. The van der Waals surface area contributed by atoms with Crippen molar-refractivity contribution in [3.8, 4) is 5.75 Å². The molecule has 0 saturated carbocycles. The average molecular weight is 610 g/mol. The molecule has 2 aromatic rings. The van der Waals surface area contributed by atoms with E-state index in [1.807, 2.05) is 26.1 Å². The van der Waals surface area contributed by atoms with E-state index in [9.17, 15) is 8.42 Å². The van der Waals surface area contributed by atoms with Crippen LogP contribution in [0.25, 0.3) is 0 Å². The van der Waals surface area contributed by atoms with Crippen molar-refractivity contribution in [2.75, 3.05) is 46.3 Å². The lowest BCUT2D eigenvalue weighted by atomic mass is 9.90. The Bertz CT molecular complexity index is 1450. The quantitative estimate of drug-likeness (QED) is 0.320. The number of hydrogen-bond acceptors (Lipinski definition) is 9. The highest BCUT2D eigenvalue weighted by Crippen LogP contribution is 2.33. The lowest BCUT2D eigenvalue weighted by Crippen LogP contribution is -2.37. The van der Waals surface area contributed by atoms with Crippen molar-refractivity contribution in [1.29, 1.82) is 0 Å². The summed E-state index contributed by atoms with van der Waals surface area (Å²) in [6, 6.07) is 12.9. The Morgan fingerprint density at radius 2 is 1.93 bits per heavy atom. The van der Waals surface area contributed by atoms with Crippen LogP contribution in [-0.4, -0.2) is 72.7 Å². The van der Waals surface area contributed by atoms with Crippen molar-refractivity contribution in [2.24, 2.45) is 0 Å². The summed E-state index contributed by atoms with van der Waals surface area (Å²) in [5.74, 6) is 0.648. The Morgan fingerprint density at radius 3 is 2.65 bits per heavy atom. The fraction of sp³-hybridized carbons (Fsp3) is 0.455. The first-order valence-electron chi connectivity index (χ1n) is 14.9. The zero-order valence-corrected chi connectivity index (χ0v) is 26.2. The van der Waals surface area contributed by atoms with Gasteiger partial charge in [-0.3, -0.25) is 9.50 Å². The Labute approximate surface area is 255 Å². The third-order valence-corrected chi connectivity index (χ3v) is 9.21. The monoisotopic (exact) mass is 609 g/mol. The molecule has 5 rings (SSSR count). The molecule has 0 spiro atoms. The number of anilines is 1. The smallest absolute Gasteiger partial charge is 0.297 e. The maximum atomic E-state index is 12.9. The molecule has 2 aromatic carbocycles. The van der Waals surface area contributed by atoms with Gasteiger partial charge >= 0.3 is 0 Å². The molecule has 9 nitrogen and oxygen atoms in total. The molecule has 3 aliphatic rings. The largest absolute Gasteiger partial charge is 0.489 e. The number of rotatable bonds is 12. The molecule has 0 radical (unpaired) electrons. The number of hydrogen-bond donors (Lipinski definition) is 2. The van der Waals surface area contributed by atoms with Crippen molar-refractivity contribution in [1.82, 2.24) is 10.2 Å². The van der Waals surface area contributed by atoms with Crippen LogP contribution >= 0.6 is 0 Å². The number of allylic oxidation sites excluding steroid dienone is 1. The van der Waals surface area contributed by atoms with Gasteiger partial charge < -0.3 is 24.4 Å². The number of ether oxygens (including phenoxy) is 3. The number of likely N-dealkylation sites (N-methyl/N-ethyl adjacent to an activating group) is 1. The van der Waals surface area contributed by atoms with E-state index >= 15 is 0 Å². The van der Waals surface area contributed by atoms with E-state index in [-0.39, 0.29) is 30.2 Å². The Kier molecular flexibility index (Phi) is 10.2. The third-order valence-electron chi connectivity index (χ3n) is 7.92. The van der Waals surface area contributed by atoms with E-state index in [2.05, 4.69) is 60.0 Å². The molecule has 2 unspecified atom stereocenters. The van der Waals surface area contributed by atoms with Crippen molar-refractivity contribution in [3.63, 3.8) is 0 Å². The van der Waals surface area contributed by atoms with Gasteiger partial charge in [0.05, 0.1) is 23.2 Å². The fourth-order valence-corrected chi connectivity index (χ4v) is 6.31. The molecule has 1 aliphatic carbocycles. The second kappa shape index (κ2) is 14.1. The van der Waals surface area contributed by atoms with Crippen LogP contribution in [0.2, 0.25) is 0 Å². The van der Waals surface area contributed by atoms with Crippen LogP contribution in [0.1, 0.15) is 42.9 Å². The molecule has 2 N–H and O–H groups in total. The summed E-state index contributed by atoms with van der Waals surface area (Å²) in [5, 5.41) is 6.94. The van der Waals surface area contributed by atoms with Gasteiger partial charge in [0.1, 0.15) is 18.5 Å². The minimum absolute atomic E-state index is 0.0235. The Morgan fingerprint density at radius 1 is 1.12 bits per heavy atom. The third kappa shape index (κ3) is 8.07. The molecule has 0 bridgehead atoms. The molecule has 4 atom stereocenters. The SMILES string of the molecule is CNc1ccc([C@@H]2C=CC3=CC(N(C)C)=CC[C@@H]3N2)cc1OCC(COS(=O)(=O)c1ccc(C)cc1)OC1CCCCO1. The summed E-state index contributed by atoms with van der Waals surface area (Å²) >= 11 is 0. The van der Waals surface area contributed by atoms with E-state index in [1.54, 1.807) is 24.3 Å². The number of aryl methyl sites for hydroxylation is 1. The number of nitrogens with one attached hydrogen (secondary N) is 2. The van der Waals surface area contributed by atoms with Gasteiger partial charge in [0, 0.05) is 39.5 Å². The summed E-state index contributed by atoms with van der Waals surface area (Å²) < 4.78 is 49.5. The van der Waals surface area contributed by atoms with Gasteiger partial charge in [-0.15, -0.1) is 0 Å². The summed E-state index contributed by atoms with van der Waals surface area (Å²) in [7, 11) is 2.00.